The molecule has 0 radical (unpaired) electrons. The van der Waals surface area contributed by atoms with Gasteiger partial charge >= 0.3 is 178 Å². The number of amides is 1. The Morgan fingerprint density at radius 2 is 1.91 bits per heavy atom. The van der Waals surface area contributed by atoms with Gasteiger partial charge in [-0.3, -0.25) is 0 Å². The van der Waals surface area contributed by atoms with Crippen molar-refractivity contribution in [1.82, 2.24) is 15.0 Å². The van der Waals surface area contributed by atoms with Gasteiger partial charge in [0.05, 0.1) is 0 Å². The van der Waals surface area contributed by atoms with E-state index in [1.54, 1.807) is 18.5 Å². The van der Waals surface area contributed by atoms with E-state index in [0.29, 0.717) is 35.7 Å². The third-order valence-electron chi connectivity index (χ3n) is 4.99. The Bertz CT molecular complexity index is 1150. The Hall–Kier alpha value is -2.68. The molecule has 9 nitrogen and oxygen atoms in total. The van der Waals surface area contributed by atoms with Gasteiger partial charge in [-0.1, -0.05) is 0 Å². The predicted molar refractivity (Wildman–Crippen MR) is 115 cm³/mol. The molecule has 1 aliphatic heterocycles. The molecule has 2 atom stereocenters. The predicted octanol–water partition coefficient (Wildman–Crippen LogP) is -0.495. The number of alkyl halides is 4. The van der Waals surface area contributed by atoms with E-state index in [9.17, 15) is 22.1 Å². The van der Waals surface area contributed by atoms with Gasteiger partial charge in [0, 0.05) is 11.6 Å². The molecule has 0 bridgehead atoms. The Balaban J connectivity index is 1.58. The van der Waals surface area contributed by atoms with E-state index < -0.39 is 39.2 Å². The molecule has 2 aromatic heterocycles. The molecule has 180 valence electrons. The summed E-state index contributed by atoms with van der Waals surface area (Å²) in [5.41, 5.74) is -2.03. The number of β-amino-alcohol motifs (C(OH)–C–C–N with tert-alkyl or cyclic N) is 1. The number of aliphatic hydroxyl groups excluding tert-OH is 1. The summed E-state index contributed by atoms with van der Waals surface area (Å²) in [6, 6.07) is 6.92. The summed E-state index contributed by atoms with van der Waals surface area (Å²) in [6.45, 7) is 0.750. The Kier molecular flexibility index (Phi) is 7.40. The fourth-order valence-electron chi connectivity index (χ4n) is 3.44. The van der Waals surface area contributed by atoms with Gasteiger partial charge in [0.25, 0.3) is 0 Å². The second-order valence-electron chi connectivity index (χ2n) is 7.33. The minimum absolute atomic E-state index is 0.160. The molecule has 0 aliphatic carbocycles. The molecule has 0 saturated carbocycles. The second kappa shape index (κ2) is 10.3. The fourth-order valence-corrected chi connectivity index (χ4v) is 4.78. The van der Waals surface area contributed by atoms with Crippen molar-refractivity contribution in [2.24, 2.45) is 0 Å². The van der Waals surface area contributed by atoms with Crippen LogP contribution in [-0.4, -0.2) is 58.1 Å². The molecule has 1 aromatic carbocycles. The first-order valence-corrected chi connectivity index (χ1v) is 12.4. The van der Waals surface area contributed by atoms with E-state index in [0.717, 1.165) is 0 Å². The van der Waals surface area contributed by atoms with E-state index in [1.165, 1.54) is 36.8 Å². The molecular weight excluding hydrogens is 587 g/mol. The molecule has 3 aromatic rings. The number of rotatable bonds is 7. The van der Waals surface area contributed by atoms with Gasteiger partial charge in [-0.15, -0.1) is 8.78 Å². The topological polar surface area (TPSA) is 121 Å². The van der Waals surface area contributed by atoms with E-state index >= 15 is 0 Å². The van der Waals surface area contributed by atoms with Gasteiger partial charge < -0.3 is 4.74 Å². The summed E-state index contributed by atoms with van der Waals surface area (Å²) in [4.78, 5) is 27.3. The molecule has 1 fully saturated rings. The molecule has 3 N–H and O–H groups in total. The van der Waals surface area contributed by atoms with Crippen molar-refractivity contribution < 1.29 is 48.5 Å². The fraction of sp³-hybridized carbons (Fsp3) is 0.238. The van der Waals surface area contributed by atoms with Crippen LogP contribution < -0.4 is 36.6 Å². The quantitative estimate of drug-likeness (QED) is 0.244. The maximum atomic E-state index is 12.9. The van der Waals surface area contributed by atoms with Crippen LogP contribution in [0.15, 0.2) is 55.2 Å². The molecule has 34 heavy (non-hydrogen) atoms. The van der Waals surface area contributed by atoms with E-state index in [1.807, 2.05) is 4.90 Å². The van der Waals surface area contributed by atoms with E-state index in [2.05, 4.69) is 25.0 Å². The zero-order valence-electron chi connectivity index (χ0n) is 17.3. The number of carbonyl (C=O) groups excluding carboxylic acids is 1. The number of aliphatic hydroxyl groups is 1. The third kappa shape index (κ3) is 5.87. The third-order valence-corrected chi connectivity index (χ3v) is 7.01. The van der Waals surface area contributed by atoms with Crippen LogP contribution in [0, 0.1) is 0 Å². The zero-order chi connectivity index (χ0) is 24.3. The Morgan fingerprint density at radius 1 is 1.21 bits per heavy atom. The number of benzene rings is 1. The molecule has 1 aliphatic rings. The Labute approximate surface area is 208 Å². The molecule has 0 spiro atoms. The number of hydrogen-bond acceptors (Lipinski definition) is 8. The van der Waals surface area contributed by atoms with Crippen LogP contribution in [0.4, 0.5) is 20.3 Å². The monoisotopic (exact) mass is 604 g/mol. The number of aromatic nitrogens is 3. The van der Waals surface area contributed by atoms with Gasteiger partial charge in [0.2, 0.25) is 0 Å². The zero-order valence-corrected chi connectivity index (χ0v) is 20.2. The van der Waals surface area contributed by atoms with Crippen molar-refractivity contribution in [3.8, 4) is 16.9 Å². The number of ether oxygens (including phenoxy) is 1. The van der Waals surface area contributed by atoms with Gasteiger partial charge in [-0.25, -0.2) is 0 Å². The van der Waals surface area contributed by atoms with Crippen molar-refractivity contribution in [3.63, 3.8) is 0 Å². The number of anilines is 2. The van der Waals surface area contributed by atoms with Crippen LogP contribution in [0.1, 0.15) is 10.4 Å². The van der Waals surface area contributed by atoms with Gasteiger partial charge in [-0.2, -0.15) is 0 Å². The molecule has 4 rings (SSSR count). The first-order valence-electron chi connectivity index (χ1n) is 9.86. The van der Waals surface area contributed by atoms with E-state index in [4.69, 9.17) is 11.6 Å². The van der Waals surface area contributed by atoms with Crippen molar-refractivity contribution in [3.05, 3.63) is 60.8 Å². The maximum absolute atomic E-state index is 12.9. The summed E-state index contributed by atoms with van der Waals surface area (Å²) in [5, 5.41) is 12.9. The van der Waals surface area contributed by atoms with Crippen LogP contribution in [0.25, 0.3) is 11.1 Å². The van der Waals surface area contributed by atoms with E-state index in [-0.39, 0.29) is 15.2 Å². The molecule has 3 heterocycles. The average molecular weight is 605 g/mol. The van der Waals surface area contributed by atoms with Crippen LogP contribution in [0.2, 0.25) is 0 Å². The number of hydrogen-bond donors (Lipinski definition) is 3. The molecule has 0 unspecified atom stereocenters. The van der Waals surface area contributed by atoms with Gasteiger partial charge in [0.1, 0.15) is 5.75 Å². The summed E-state index contributed by atoms with van der Waals surface area (Å²) in [5.74, 6) is -0.102. The normalized spacial score (nSPS) is 18.2. The number of carbonyl (C=O) groups is 1. The second-order valence-corrected chi connectivity index (χ2v) is 9.93. The number of pyridine rings is 1. The number of halogens is 4. The summed E-state index contributed by atoms with van der Waals surface area (Å²) in [6.07, 6.45) is 5.30. The van der Waals surface area contributed by atoms with Crippen molar-refractivity contribution in [1.29, 1.82) is 0 Å². The summed E-state index contributed by atoms with van der Waals surface area (Å²) >= 11 is 3.61. The van der Waals surface area contributed by atoms with Crippen LogP contribution in [-0.2, 0) is 0 Å². The standard InChI is InChI=1S/C21H18ClF2IN5O4/c22-21(23,24)34-15-3-1-14(2-4-15)29-20(32)12-5-16(13-6-26-11-27-7-13)19(28-8-12)30-9-17(25-33)18(31)10-30/h1-8,11,17-18,31,33H,9-10H2,(H,29,32)/q-1/t17-,18-/m0/s1. The average Bonchev–Trinajstić information content (AvgIpc) is 3.20. The number of nitrogens with zero attached hydrogens (tertiary/aromatic N) is 4. The SMILES string of the molecule is O=C(Nc1ccc(OC(F)(F)Cl)cc1)c1cnc(N2C[C@H]([I-]O)[C@@H](O)C2)c(-c2cncnc2)c1. The Morgan fingerprint density at radius 3 is 2.53 bits per heavy atom. The van der Waals surface area contributed by atoms with Gasteiger partial charge in [-0.05, 0) is 0 Å². The van der Waals surface area contributed by atoms with Crippen LogP contribution >= 0.6 is 11.6 Å². The first-order chi connectivity index (χ1) is 16.2. The van der Waals surface area contributed by atoms with Crippen molar-refractivity contribution >= 4 is 29.0 Å². The van der Waals surface area contributed by atoms with Crippen molar-refractivity contribution in [2.75, 3.05) is 23.3 Å². The number of nitrogens with one attached hydrogen (secondary N) is 1. The van der Waals surface area contributed by atoms with Crippen LogP contribution in [0.3, 0.4) is 0 Å². The molecule has 1 amide bonds. The summed E-state index contributed by atoms with van der Waals surface area (Å²) < 4.78 is 39.2. The summed E-state index contributed by atoms with van der Waals surface area (Å²) in [7, 11) is 0. The minimum atomic E-state index is -3.83. The molecule has 1 saturated heterocycles. The van der Waals surface area contributed by atoms with Crippen molar-refractivity contribution in [2.45, 2.75) is 15.6 Å². The van der Waals surface area contributed by atoms with Crippen LogP contribution in [0.5, 0.6) is 5.75 Å². The van der Waals surface area contributed by atoms with Gasteiger partial charge in [0.15, 0.2) is 0 Å². The molecular formula is C21H18ClF2IN5O4-. The molecule has 13 heteroatoms. The first kappa shape index (κ1) is 24.4.